The average molecular weight is 419 g/mol. The second kappa shape index (κ2) is 9.68. The number of halogens is 3. The summed E-state index contributed by atoms with van der Waals surface area (Å²) >= 11 is 0. The third-order valence-corrected chi connectivity index (χ3v) is 4.63. The van der Waals surface area contributed by atoms with Crippen molar-refractivity contribution in [3.8, 4) is 0 Å². The van der Waals surface area contributed by atoms with E-state index in [1.165, 1.54) is 6.07 Å². The summed E-state index contributed by atoms with van der Waals surface area (Å²) in [5.41, 5.74) is -1.05. The second-order valence-electron chi connectivity index (χ2n) is 6.91. The predicted molar refractivity (Wildman–Crippen MR) is 97.4 cm³/mol. The topological polar surface area (TPSA) is 113 Å². The number of rotatable bonds is 6. The zero-order valence-corrected chi connectivity index (χ0v) is 16.5. The van der Waals surface area contributed by atoms with Crippen LogP contribution in [0.15, 0.2) is 24.3 Å². The Hall–Kier alpha value is -2.69. The molecule has 29 heavy (non-hydrogen) atoms. The van der Waals surface area contributed by atoms with Gasteiger partial charge in [0.05, 0.1) is 6.10 Å². The van der Waals surface area contributed by atoms with Crippen LogP contribution in [0.3, 0.4) is 0 Å². The van der Waals surface area contributed by atoms with Gasteiger partial charge in [-0.2, -0.15) is 13.2 Å². The van der Waals surface area contributed by atoms with Gasteiger partial charge in [-0.3, -0.25) is 0 Å². The van der Waals surface area contributed by atoms with E-state index < -0.39 is 23.8 Å². The van der Waals surface area contributed by atoms with Gasteiger partial charge in [0.1, 0.15) is 0 Å². The number of aliphatic carboxylic acids is 2. The van der Waals surface area contributed by atoms with E-state index in [2.05, 4.69) is 24.0 Å². The molecule has 2 unspecified atom stereocenters. The normalized spacial score (nSPS) is 20.4. The quantitative estimate of drug-likeness (QED) is 0.677. The van der Waals surface area contributed by atoms with Gasteiger partial charge in [0.2, 0.25) is 0 Å². The first-order valence-corrected chi connectivity index (χ1v) is 8.70. The Balaban J connectivity index is 0.000000447. The summed E-state index contributed by atoms with van der Waals surface area (Å²) in [6.45, 7) is 6.80. The Labute approximate surface area is 166 Å². The smallest absolute Gasteiger partial charge is 0.435 e. The van der Waals surface area contributed by atoms with Crippen molar-refractivity contribution in [2.24, 2.45) is 5.41 Å². The van der Waals surface area contributed by atoms with Gasteiger partial charge in [-0.25, -0.2) is 9.59 Å². The van der Waals surface area contributed by atoms with Gasteiger partial charge in [0, 0.05) is 37.3 Å². The molecule has 0 aromatic carbocycles. The Kier molecular flexibility index (Phi) is 8.13. The van der Waals surface area contributed by atoms with Crippen molar-refractivity contribution in [2.45, 2.75) is 45.5 Å². The highest BCUT2D eigenvalue weighted by Crippen LogP contribution is 2.46. The molecule has 1 aliphatic rings. The summed E-state index contributed by atoms with van der Waals surface area (Å²) < 4.78 is 43.1. The number of aromatic nitrogens is 2. The molecule has 1 fully saturated rings. The van der Waals surface area contributed by atoms with Gasteiger partial charge in [0.25, 0.3) is 0 Å². The minimum Gasteiger partial charge on any atom is -0.478 e. The van der Waals surface area contributed by atoms with Gasteiger partial charge < -0.3 is 19.8 Å². The van der Waals surface area contributed by atoms with Crippen LogP contribution in [0.1, 0.15) is 32.9 Å². The Morgan fingerprint density at radius 3 is 2.14 bits per heavy atom. The summed E-state index contributed by atoms with van der Waals surface area (Å²) in [5.74, 6) is -2.07. The van der Waals surface area contributed by atoms with Crippen LogP contribution in [0, 0.1) is 5.41 Å². The summed E-state index contributed by atoms with van der Waals surface area (Å²) in [5, 5.41) is 22.6. The fraction of sp³-hybridized carbons (Fsp3) is 0.556. The minimum absolute atomic E-state index is 0.0743. The van der Waals surface area contributed by atoms with E-state index in [-0.39, 0.29) is 17.6 Å². The lowest BCUT2D eigenvalue weighted by molar-refractivity contribution is -0.141. The number of carboxylic acid groups (broad SMARTS) is 2. The van der Waals surface area contributed by atoms with Crippen LogP contribution in [-0.2, 0) is 20.5 Å². The van der Waals surface area contributed by atoms with Crippen molar-refractivity contribution in [2.75, 3.05) is 18.6 Å². The predicted octanol–water partition coefficient (Wildman–Crippen LogP) is 2.85. The monoisotopic (exact) mass is 419 g/mol. The van der Waals surface area contributed by atoms with Crippen molar-refractivity contribution in [1.82, 2.24) is 10.2 Å². The Morgan fingerprint density at radius 1 is 1.24 bits per heavy atom. The number of carboxylic acids is 2. The molecule has 1 aromatic rings. The summed E-state index contributed by atoms with van der Waals surface area (Å²) in [6, 6.07) is 2.49. The van der Waals surface area contributed by atoms with E-state index in [9.17, 15) is 22.8 Å². The fourth-order valence-electron chi connectivity index (χ4n) is 2.97. The summed E-state index contributed by atoms with van der Waals surface area (Å²) in [4.78, 5) is 21.0. The van der Waals surface area contributed by atoms with Crippen molar-refractivity contribution in [1.29, 1.82) is 0 Å². The first kappa shape index (κ1) is 24.3. The molecule has 0 radical (unpaired) electrons. The maximum Gasteiger partial charge on any atom is 0.435 e. The molecular weight excluding hydrogens is 395 g/mol. The van der Waals surface area contributed by atoms with Crippen LogP contribution < -0.4 is 4.90 Å². The van der Waals surface area contributed by atoms with Gasteiger partial charge in [0.15, 0.2) is 11.5 Å². The first-order valence-electron chi connectivity index (χ1n) is 8.70. The summed E-state index contributed by atoms with van der Waals surface area (Å²) in [6.07, 6.45) is -2.35. The number of carbonyl (C=O) groups is 2. The van der Waals surface area contributed by atoms with Gasteiger partial charge in [-0.1, -0.05) is 13.8 Å². The van der Waals surface area contributed by atoms with Crippen LogP contribution in [-0.4, -0.2) is 58.1 Å². The molecule has 0 bridgehead atoms. The van der Waals surface area contributed by atoms with E-state index >= 15 is 0 Å². The van der Waals surface area contributed by atoms with E-state index in [1.54, 1.807) is 0 Å². The maximum atomic E-state index is 12.5. The van der Waals surface area contributed by atoms with E-state index in [4.69, 9.17) is 14.9 Å². The van der Waals surface area contributed by atoms with Crippen molar-refractivity contribution in [3.63, 3.8) is 0 Å². The molecule has 0 amide bonds. The highest BCUT2D eigenvalue weighted by Gasteiger charge is 2.51. The lowest BCUT2D eigenvalue weighted by atomic mass is 9.64. The molecule has 162 valence electrons. The number of hydrogen-bond donors (Lipinski definition) is 2. The standard InChI is InChI=1S/C14H20F3N3O.C4H4O4/c1-5-21-11-8-10(13(11,2)3)20(4)12-7-6-9(18-19-12)14(15,16)17;5-3(6)1-2-4(7)8/h6-7,10-11H,5,8H2,1-4H3;1-2H,(H,5,6)(H,7,8)/b;2-1+. The molecule has 2 atom stereocenters. The third-order valence-electron chi connectivity index (χ3n) is 4.63. The van der Waals surface area contributed by atoms with E-state index in [1.807, 2.05) is 18.9 Å². The molecule has 0 saturated heterocycles. The van der Waals surface area contributed by atoms with Crippen molar-refractivity contribution >= 4 is 17.8 Å². The molecule has 2 N–H and O–H groups in total. The number of anilines is 1. The molecule has 1 aromatic heterocycles. The second-order valence-corrected chi connectivity index (χ2v) is 6.91. The van der Waals surface area contributed by atoms with E-state index in [0.29, 0.717) is 24.6 Å². The van der Waals surface area contributed by atoms with Crippen LogP contribution >= 0.6 is 0 Å². The van der Waals surface area contributed by atoms with Gasteiger partial charge in [-0.15, -0.1) is 10.2 Å². The largest absolute Gasteiger partial charge is 0.478 e. The van der Waals surface area contributed by atoms with Crippen molar-refractivity contribution < 1.29 is 37.7 Å². The minimum atomic E-state index is -4.46. The zero-order valence-electron chi connectivity index (χ0n) is 16.5. The van der Waals surface area contributed by atoms with Crippen LogP contribution in [0.5, 0.6) is 0 Å². The fourth-order valence-corrected chi connectivity index (χ4v) is 2.97. The van der Waals surface area contributed by atoms with Gasteiger partial charge >= 0.3 is 18.1 Å². The maximum absolute atomic E-state index is 12.5. The Bertz CT molecular complexity index is 719. The molecule has 0 spiro atoms. The molecular formula is C18H24F3N3O5. The SMILES string of the molecule is CCOC1CC(N(C)c2ccc(C(F)(F)F)nn2)C1(C)C.O=C(O)/C=C/C(=O)O. The van der Waals surface area contributed by atoms with Gasteiger partial charge in [-0.05, 0) is 25.5 Å². The number of hydrogen-bond acceptors (Lipinski definition) is 6. The Morgan fingerprint density at radius 2 is 1.79 bits per heavy atom. The average Bonchev–Trinajstić information content (AvgIpc) is 2.62. The first-order chi connectivity index (χ1) is 13.3. The molecule has 1 heterocycles. The molecule has 11 heteroatoms. The van der Waals surface area contributed by atoms with Crippen molar-refractivity contribution in [3.05, 3.63) is 30.0 Å². The summed E-state index contributed by atoms with van der Waals surface area (Å²) in [7, 11) is 1.83. The van der Waals surface area contributed by atoms with E-state index in [0.717, 1.165) is 12.5 Å². The van der Waals surface area contributed by atoms with Crippen LogP contribution in [0.25, 0.3) is 0 Å². The lowest BCUT2D eigenvalue weighted by Crippen LogP contribution is -2.61. The molecule has 8 nitrogen and oxygen atoms in total. The molecule has 1 saturated carbocycles. The highest BCUT2D eigenvalue weighted by molar-refractivity contribution is 5.89. The number of alkyl halides is 3. The lowest BCUT2D eigenvalue weighted by Gasteiger charge is -2.55. The molecule has 0 aliphatic heterocycles. The third kappa shape index (κ3) is 6.70. The number of ether oxygens (including phenoxy) is 1. The number of nitrogens with zero attached hydrogens (tertiary/aromatic N) is 3. The molecule has 2 rings (SSSR count). The zero-order chi connectivity index (χ0) is 22.4. The van der Waals surface area contributed by atoms with Crippen LogP contribution in [0.2, 0.25) is 0 Å². The van der Waals surface area contributed by atoms with Crippen LogP contribution in [0.4, 0.5) is 19.0 Å². The highest BCUT2D eigenvalue weighted by atomic mass is 19.4. The molecule has 1 aliphatic carbocycles.